The Bertz CT molecular complexity index is 1250. The highest BCUT2D eigenvalue weighted by Gasteiger charge is 2.46. The third-order valence-electron chi connectivity index (χ3n) is 8.54. The average Bonchev–Trinajstić information content (AvgIpc) is 3.20. The number of ether oxygens (including phenoxy) is 1. The number of hydrogen-bond donors (Lipinski definition) is 3. The first-order chi connectivity index (χ1) is 17.4. The highest BCUT2D eigenvalue weighted by molar-refractivity contribution is 6.33. The van der Waals surface area contributed by atoms with Gasteiger partial charge in [0.15, 0.2) is 0 Å². The van der Waals surface area contributed by atoms with Gasteiger partial charge in [0.1, 0.15) is 11.4 Å². The van der Waals surface area contributed by atoms with Crippen molar-refractivity contribution in [2.45, 2.75) is 84.4 Å². The van der Waals surface area contributed by atoms with Crippen molar-refractivity contribution in [3.8, 4) is 5.75 Å². The summed E-state index contributed by atoms with van der Waals surface area (Å²) in [6.07, 6.45) is 5.59. The molecule has 1 aliphatic carbocycles. The van der Waals surface area contributed by atoms with E-state index in [1.54, 1.807) is 0 Å². The summed E-state index contributed by atoms with van der Waals surface area (Å²) in [6, 6.07) is 2.55. The molecule has 0 saturated heterocycles. The Morgan fingerprint density at radius 2 is 1.89 bits per heavy atom. The summed E-state index contributed by atoms with van der Waals surface area (Å²) < 4.78 is 6.59. The third kappa shape index (κ3) is 5.45. The Kier molecular flexibility index (Phi) is 8.07. The number of halogens is 1. The molecular formula is C29H40ClN3O4. The molecule has 1 aliphatic heterocycles. The molecule has 2 heterocycles. The number of aromatic carboxylic acids is 1. The predicted octanol–water partition coefficient (Wildman–Crippen LogP) is 4.80. The maximum absolute atomic E-state index is 12.3. The fraction of sp³-hybridized carbons (Fsp3) is 0.586. The van der Waals surface area contributed by atoms with Gasteiger partial charge in [-0.05, 0) is 104 Å². The molecule has 1 atom stereocenters. The summed E-state index contributed by atoms with van der Waals surface area (Å²) in [5.41, 5.74) is 4.42. The molecule has 202 valence electrons. The number of pyridine rings is 1. The van der Waals surface area contributed by atoms with Gasteiger partial charge in [0.25, 0.3) is 5.56 Å². The van der Waals surface area contributed by atoms with Gasteiger partial charge >= 0.3 is 5.97 Å². The van der Waals surface area contributed by atoms with E-state index in [0.717, 1.165) is 42.5 Å². The zero-order valence-corrected chi connectivity index (χ0v) is 23.6. The Balaban J connectivity index is 1.53. The van der Waals surface area contributed by atoms with Gasteiger partial charge in [-0.3, -0.25) is 4.79 Å². The first kappa shape index (κ1) is 27.7. The van der Waals surface area contributed by atoms with E-state index in [9.17, 15) is 14.7 Å². The van der Waals surface area contributed by atoms with E-state index >= 15 is 0 Å². The lowest BCUT2D eigenvalue weighted by molar-refractivity contribution is 0.0157. The average molecular weight is 530 g/mol. The number of hydrogen-bond acceptors (Lipinski definition) is 5. The molecule has 0 amide bonds. The molecule has 0 spiro atoms. The first-order valence-corrected chi connectivity index (χ1v) is 13.6. The molecule has 8 heteroatoms. The highest BCUT2D eigenvalue weighted by Crippen LogP contribution is 2.50. The van der Waals surface area contributed by atoms with Gasteiger partial charge in [0.05, 0.1) is 10.6 Å². The number of carboxylic acid groups (broad SMARTS) is 1. The Morgan fingerprint density at radius 3 is 2.49 bits per heavy atom. The molecule has 7 nitrogen and oxygen atoms in total. The van der Waals surface area contributed by atoms with Crippen molar-refractivity contribution in [1.29, 1.82) is 0 Å². The molecule has 2 aromatic rings. The maximum Gasteiger partial charge on any atom is 0.336 e. The molecule has 1 unspecified atom stereocenters. The van der Waals surface area contributed by atoms with Crippen LogP contribution in [0, 0.1) is 26.7 Å². The molecule has 1 fully saturated rings. The van der Waals surface area contributed by atoms with Crippen LogP contribution < -0.4 is 15.6 Å². The van der Waals surface area contributed by atoms with Gasteiger partial charge in [0.2, 0.25) is 0 Å². The van der Waals surface area contributed by atoms with Gasteiger partial charge in [-0.2, -0.15) is 0 Å². The van der Waals surface area contributed by atoms with Crippen molar-refractivity contribution in [2.24, 2.45) is 5.92 Å². The van der Waals surface area contributed by atoms with Gasteiger partial charge in [-0.15, -0.1) is 0 Å². The second-order valence-electron chi connectivity index (χ2n) is 11.3. The van der Waals surface area contributed by atoms with E-state index in [-0.39, 0.29) is 16.7 Å². The Morgan fingerprint density at radius 1 is 1.22 bits per heavy atom. The van der Waals surface area contributed by atoms with E-state index in [0.29, 0.717) is 65.4 Å². The van der Waals surface area contributed by atoms with Crippen LogP contribution in [0.15, 0.2) is 10.9 Å². The van der Waals surface area contributed by atoms with Crippen molar-refractivity contribution in [2.75, 3.05) is 20.6 Å². The van der Waals surface area contributed by atoms with Crippen molar-refractivity contribution < 1.29 is 14.6 Å². The summed E-state index contributed by atoms with van der Waals surface area (Å²) >= 11 is 6.94. The minimum Gasteiger partial charge on any atom is -0.486 e. The standard InChI is InChI=1S/C29H40ClN3O4/c1-16-13-17(2)32-27(34)23(16)15-31-12-11-21-24(28(35)36)18(3)26-22(25(21)30)14-29(4,37-26)19-7-9-20(10-8-19)33(5)6/h13,19-20,31H,7-12,14-15H2,1-6H3,(H,32,34)(H,35,36). The van der Waals surface area contributed by atoms with Gasteiger partial charge in [-0.25, -0.2) is 4.79 Å². The normalized spacial score (nSPS) is 23.2. The second kappa shape index (κ2) is 10.8. The van der Waals surface area contributed by atoms with E-state index in [4.69, 9.17) is 16.3 Å². The molecule has 0 radical (unpaired) electrons. The number of rotatable bonds is 8. The van der Waals surface area contributed by atoms with E-state index in [2.05, 4.69) is 36.2 Å². The SMILES string of the molecule is Cc1cc(C)c(CNCCc2c(Cl)c3c(c(C)c2C(=O)O)OC(C)(C2CCC(N(C)C)CC2)C3)c(=O)[nH]1. The molecule has 37 heavy (non-hydrogen) atoms. The summed E-state index contributed by atoms with van der Waals surface area (Å²) in [5.74, 6) is 0.0608. The van der Waals surface area contributed by atoms with Crippen LogP contribution in [0.5, 0.6) is 5.75 Å². The van der Waals surface area contributed by atoms with Crippen LogP contribution in [0.1, 0.15) is 76.5 Å². The van der Waals surface area contributed by atoms with Crippen LogP contribution in [-0.4, -0.2) is 53.2 Å². The van der Waals surface area contributed by atoms with Crippen molar-refractivity contribution in [3.05, 3.63) is 60.5 Å². The van der Waals surface area contributed by atoms with Crippen LogP contribution in [0.4, 0.5) is 0 Å². The van der Waals surface area contributed by atoms with Gasteiger partial charge in [-0.1, -0.05) is 11.6 Å². The summed E-state index contributed by atoms with van der Waals surface area (Å²) in [4.78, 5) is 29.8. The number of nitrogens with zero attached hydrogens (tertiary/aromatic N) is 1. The second-order valence-corrected chi connectivity index (χ2v) is 11.7. The predicted molar refractivity (Wildman–Crippen MR) is 147 cm³/mol. The summed E-state index contributed by atoms with van der Waals surface area (Å²) in [5, 5.41) is 13.9. The van der Waals surface area contributed by atoms with Crippen LogP contribution >= 0.6 is 11.6 Å². The largest absolute Gasteiger partial charge is 0.486 e. The first-order valence-electron chi connectivity index (χ1n) is 13.3. The number of aromatic amines is 1. The molecule has 3 N–H and O–H groups in total. The number of H-pyrrole nitrogens is 1. The van der Waals surface area contributed by atoms with E-state index in [1.807, 2.05) is 26.8 Å². The minimum absolute atomic E-state index is 0.0984. The quantitative estimate of drug-likeness (QED) is 0.425. The van der Waals surface area contributed by atoms with Crippen LogP contribution in [0.3, 0.4) is 0 Å². The van der Waals surface area contributed by atoms with Crippen LogP contribution in [-0.2, 0) is 19.4 Å². The number of aromatic nitrogens is 1. The van der Waals surface area contributed by atoms with Gasteiger partial charge in [0, 0.05) is 41.4 Å². The smallest absolute Gasteiger partial charge is 0.336 e. The monoisotopic (exact) mass is 529 g/mol. The summed E-state index contributed by atoms with van der Waals surface area (Å²) in [6.45, 7) is 8.68. The topological polar surface area (TPSA) is 94.7 Å². The lowest BCUT2D eigenvalue weighted by Gasteiger charge is -2.40. The zero-order chi connectivity index (χ0) is 27.1. The third-order valence-corrected chi connectivity index (χ3v) is 8.99. The fourth-order valence-corrected chi connectivity index (χ4v) is 6.70. The molecular weight excluding hydrogens is 490 g/mol. The van der Waals surface area contributed by atoms with Crippen LogP contribution in [0.25, 0.3) is 0 Å². The molecule has 0 bridgehead atoms. The highest BCUT2D eigenvalue weighted by atomic mass is 35.5. The lowest BCUT2D eigenvalue weighted by Crippen LogP contribution is -2.44. The summed E-state index contributed by atoms with van der Waals surface area (Å²) in [7, 11) is 4.28. The number of carboxylic acids is 1. The molecule has 1 saturated carbocycles. The molecule has 2 aliphatic rings. The van der Waals surface area contributed by atoms with Crippen molar-refractivity contribution in [3.63, 3.8) is 0 Å². The molecule has 1 aromatic heterocycles. The van der Waals surface area contributed by atoms with Crippen molar-refractivity contribution >= 4 is 17.6 Å². The Labute approximate surface area is 224 Å². The minimum atomic E-state index is -0.994. The van der Waals surface area contributed by atoms with E-state index < -0.39 is 5.97 Å². The van der Waals surface area contributed by atoms with E-state index in [1.165, 1.54) is 0 Å². The maximum atomic E-state index is 12.3. The van der Waals surface area contributed by atoms with Gasteiger partial charge < -0.3 is 25.0 Å². The number of fused-ring (bicyclic) bond motifs is 1. The van der Waals surface area contributed by atoms with Crippen molar-refractivity contribution in [1.82, 2.24) is 15.2 Å². The Hall–Kier alpha value is -2.35. The fourth-order valence-electron chi connectivity index (χ4n) is 6.36. The lowest BCUT2D eigenvalue weighted by atomic mass is 9.74. The number of benzene rings is 1. The zero-order valence-electron chi connectivity index (χ0n) is 22.9. The number of carbonyl (C=O) groups is 1. The number of nitrogens with one attached hydrogen (secondary N) is 2. The molecule has 1 aromatic carbocycles. The van der Waals surface area contributed by atoms with Crippen LogP contribution in [0.2, 0.25) is 5.02 Å². The molecule has 4 rings (SSSR count). The number of aryl methyl sites for hydroxylation is 2.